The van der Waals surface area contributed by atoms with Crippen molar-refractivity contribution >= 4 is 58.9 Å². The fourth-order valence-corrected chi connectivity index (χ4v) is 9.32. The largest absolute Gasteiger partial charge is 0.280 e. The van der Waals surface area contributed by atoms with Crippen LogP contribution in [0, 0.1) is 22.7 Å². The average molecular weight is 569 g/mol. The molecule has 184 valence electrons. The van der Waals surface area contributed by atoms with Crippen molar-refractivity contribution in [2.75, 3.05) is 0 Å². The summed E-state index contributed by atoms with van der Waals surface area (Å²) in [4.78, 5) is 31.3. The number of nitriles is 2. The van der Waals surface area contributed by atoms with Crippen LogP contribution in [0.5, 0.6) is 0 Å². The third-order valence-corrected chi connectivity index (χ3v) is 11.0. The van der Waals surface area contributed by atoms with Crippen molar-refractivity contribution in [2.45, 2.75) is 32.7 Å². The molecule has 1 saturated heterocycles. The van der Waals surface area contributed by atoms with Gasteiger partial charge in [-0.2, -0.15) is 10.5 Å². The molecule has 0 aliphatic carbocycles. The van der Waals surface area contributed by atoms with E-state index in [1.54, 1.807) is 10.0 Å². The summed E-state index contributed by atoms with van der Waals surface area (Å²) in [5.74, 6) is -0.599. The first-order valence-corrected chi connectivity index (χ1v) is 14.7. The van der Waals surface area contributed by atoms with E-state index >= 15 is 0 Å². The molecule has 6 nitrogen and oxygen atoms in total. The third-order valence-electron chi connectivity index (χ3n) is 5.99. The van der Waals surface area contributed by atoms with Crippen molar-refractivity contribution in [3.8, 4) is 12.1 Å². The van der Waals surface area contributed by atoms with Gasteiger partial charge in [-0.15, -0.1) is 0 Å². The van der Waals surface area contributed by atoms with E-state index in [0.717, 1.165) is 30.7 Å². The van der Waals surface area contributed by atoms with Gasteiger partial charge in [0, 0.05) is 19.6 Å². The standard InChI is InChI=1S/C28H16N4O2S4/c29-13-19(14-30)27-35-20-11-22-23(12-21(20)36-27)38-28(37-22)24-25(33)31(15-17-7-3-1-4-8-17)32(26(24)34)16-18-9-5-2-6-10-18/h1-12H,15-16H2. The van der Waals surface area contributed by atoms with Gasteiger partial charge in [0.05, 0.1) is 21.6 Å². The number of thioether (sulfide) groups is 4. The molecule has 0 spiro atoms. The topological polar surface area (TPSA) is 88.2 Å². The molecular formula is C28H16N4O2S4. The van der Waals surface area contributed by atoms with Gasteiger partial charge in [-0.3, -0.25) is 9.59 Å². The van der Waals surface area contributed by atoms with Crippen LogP contribution in [0.3, 0.4) is 0 Å². The van der Waals surface area contributed by atoms with Crippen molar-refractivity contribution in [1.82, 2.24) is 10.0 Å². The molecule has 0 radical (unpaired) electrons. The molecule has 3 aliphatic rings. The van der Waals surface area contributed by atoms with E-state index in [4.69, 9.17) is 0 Å². The molecule has 3 aliphatic heterocycles. The van der Waals surface area contributed by atoms with Gasteiger partial charge in [-0.1, -0.05) is 108 Å². The smallest absolute Gasteiger partial charge is 0.267 e. The predicted molar refractivity (Wildman–Crippen MR) is 149 cm³/mol. The summed E-state index contributed by atoms with van der Waals surface area (Å²) >= 11 is 5.66. The number of hydrogen-bond donors (Lipinski definition) is 0. The number of hydrazine groups is 1. The van der Waals surface area contributed by atoms with Gasteiger partial charge in [0.15, 0.2) is 0 Å². The minimum absolute atomic E-state index is 0.110. The van der Waals surface area contributed by atoms with E-state index in [1.165, 1.54) is 47.0 Å². The fraction of sp³-hybridized carbons (Fsp3) is 0.0714. The number of rotatable bonds is 4. The summed E-state index contributed by atoms with van der Waals surface area (Å²) in [5.41, 5.74) is 2.19. The highest BCUT2D eigenvalue weighted by atomic mass is 32.2. The Labute approximate surface area is 236 Å². The van der Waals surface area contributed by atoms with Gasteiger partial charge in [0.25, 0.3) is 11.8 Å². The summed E-state index contributed by atoms with van der Waals surface area (Å²) in [6.07, 6.45) is 0. The van der Waals surface area contributed by atoms with E-state index in [-0.39, 0.29) is 23.0 Å². The Bertz CT molecular complexity index is 1520. The van der Waals surface area contributed by atoms with E-state index in [0.29, 0.717) is 21.6 Å². The van der Waals surface area contributed by atoms with E-state index in [2.05, 4.69) is 0 Å². The summed E-state index contributed by atoms with van der Waals surface area (Å²) < 4.78 is 1.35. The highest BCUT2D eigenvalue weighted by Gasteiger charge is 2.44. The maximum atomic E-state index is 13.7. The van der Waals surface area contributed by atoms with Crippen molar-refractivity contribution < 1.29 is 9.59 Å². The van der Waals surface area contributed by atoms with Crippen molar-refractivity contribution in [2.24, 2.45) is 0 Å². The second-order valence-electron chi connectivity index (χ2n) is 8.40. The molecule has 0 saturated carbocycles. The van der Waals surface area contributed by atoms with Crippen LogP contribution in [-0.4, -0.2) is 21.8 Å². The Balaban J connectivity index is 1.33. The van der Waals surface area contributed by atoms with Crippen LogP contribution in [0.25, 0.3) is 0 Å². The molecule has 6 rings (SSSR count). The van der Waals surface area contributed by atoms with E-state index in [9.17, 15) is 20.1 Å². The monoisotopic (exact) mass is 568 g/mol. The highest BCUT2D eigenvalue weighted by molar-refractivity contribution is 8.25. The molecule has 2 amide bonds. The third kappa shape index (κ3) is 4.50. The SMILES string of the molecule is N#CC(C#N)=C1Sc2cc3c(cc2S1)SC(=C1C(=O)N(Cc2ccccc2)N(Cc2ccccc2)C1=O)S3. The Morgan fingerprint density at radius 1 is 0.658 bits per heavy atom. The maximum absolute atomic E-state index is 13.7. The van der Waals surface area contributed by atoms with Gasteiger partial charge in [0.1, 0.15) is 23.3 Å². The zero-order chi connectivity index (χ0) is 26.2. The van der Waals surface area contributed by atoms with Gasteiger partial charge < -0.3 is 0 Å². The second kappa shape index (κ2) is 10.3. The van der Waals surface area contributed by atoms with E-state index in [1.807, 2.05) is 84.9 Å². The van der Waals surface area contributed by atoms with Gasteiger partial charge in [0.2, 0.25) is 0 Å². The van der Waals surface area contributed by atoms with Crippen LogP contribution in [0.4, 0.5) is 0 Å². The van der Waals surface area contributed by atoms with Crippen LogP contribution < -0.4 is 0 Å². The Morgan fingerprint density at radius 2 is 1.08 bits per heavy atom. The summed E-state index contributed by atoms with van der Waals surface area (Å²) in [6.45, 7) is 0.599. The van der Waals surface area contributed by atoms with Crippen molar-refractivity contribution in [1.29, 1.82) is 10.5 Å². The molecule has 38 heavy (non-hydrogen) atoms. The highest BCUT2D eigenvalue weighted by Crippen LogP contribution is 2.59. The number of fused-ring (bicyclic) bond motifs is 2. The van der Waals surface area contributed by atoms with Crippen LogP contribution in [-0.2, 0) is 22.7 Å². The molecule has 3 heterocycles. The predicted octanol–water partition coefficient (Wildman–Crippen LogP) is 6.54. The van der Waals surface area contributed by atoms with Crippen molar-refractivity contribution in [3.05, 3.63) is 104 Å². The first-order chi connectivity index (χ1) is 18.6. The average Bonchev–Trinajstić information content (AvgIpc) is 3.59. The first kappa shape index (κ1) is 24.8. The molecule has 3 aromatic carbocycles. The molecule has 0 N–H and O–H groups in total. The van der Waals surface area contributed by atoms with Gasteiger partial charge in [-0.05, 0) is 23.3 Å². The normalized spacial score (nSPS) is 16.0. The number of carbonyl (C=O) groups is 2. The van der Waals surface area contributed by atoms with Crippen LogP contribution in [0.2, 0.25) is 0 Å². The molecule has 10 heteroatoms. The number of amides is 2. The van der Waals surface area contributed by atoms with Crippen LogP contribution >= 0.6 is 47.0 Å². The second-order valence-corrected chi connectivity index (χ2v) is 13.1. The lowest BCUT2D eigenvalue weighted by atomic mass is 10.2. The summed E-state index contributed by atoms with van der Waals surface area (Å²) in [5, 5.41) is 21.5. The number of benzene rings is 3. The minimum atomic E-state index is -0.299. The van der Waals surface area contributed by atoms with Crippen LogP contribution in [0.15, 0.2) is 112 Å². The van der Waals surface area contributed by atoms with Gasteiger partial charge in [-0.25, -0.2) is 10.0 Å². The molecule has 0 bridgehead atoms. The number of allylic oxidation sites excluding steroid dienone is 1. The summed E-state index contributed by atoms with van der Waals surface area (Å²) in [6, 6.07) is 27.3. The zero-order valence-corrected chi connectivity index (χ0v) is 22.8. The van der Waals surface area contributed by atoms with Gasteiger partial charge >= 0.3 is 0 Å². The zero-order valence-electron chi connectivity index (χ0n) is 19.6. The molecule has 0 unspecified atom stereocenters. The number of nitrogens with zero attached hydrogens (tertiary/aromatic N) is 4. The molecule has 0 atom stereocenters. The number of hydrogen-bond acceptors (Lipinski definition) is 8. The van der Waals surface area contributed by atoms with Crippen molar-refractivity contribution in [3.63, 3.8) is 0 Å². The Hall–Kier alpha value is -3.54. The molecule has 0 aromatic heterocycles. The molecule has 1 fully saturated rings. The Morgan fingerprint density at radius 3 is 1.50 bits per heavy atom. The van der Waals surface area contributed by atoms with E-state index < -0.39 is 0 Å². The Kier molecular flexibility index (Phi) is 6.73. The lowest BCUT2D eigenvalue weighted by molar-refractivity contribution is -0.149. The maximum Gasteiger partial charge on any atom is 0.280 e. The number of carbonyl (C=O) groups excluding carboxylic acids is 2. The molecular weight excluding hydrogens is 553 g/mol. The van der Waals surface area contributed by atoms with Crippen LogP contribution in [0.1, 0.15) is 11.1 Å². The lowest BCUT2D eigenvalue weighted by Gasteiger charge is -2.27. The minimum Gasteiger partial charge on any atom is -0.267 e. The first-order valence-electron chi connectivity index (χ1n) is 11.5. The quantitative estimate of drug-likeness (QED) is 0.199. The lowest BCUT2D eigenvalue weighted by Crippen LogP contribution is -2.39. The molecule has 3 aromatic rings. The summed E-state index contributed by atoms with van der Waals surface area (Å²) in [7, 11) is 0. The fourth-order valence-electron chi connectivity index (χ4n) is 4.17.